The van der Waals surface area contributed by atoms with Crippen LogP contribution in [0, 0.1) is 0 Å². The van der Waals surface area contributed by atoms with Gasteiger partial charge in [0.25, 0.3) is 0 Å². The van der Waals surface area contributed by atoms with Gasteiger partial charge in [0.1, 0.15) is 6.04 Å². The molecule has 9 nitrogen and oxygen atoms in total. The molecule has 0 aromatic rings. The fourth-order valence-corrected chi connectivity index (χ4v) is 1.49. The number of nitrogens with one attached hydrogen (secondary N) is 2. The molecule has 0 aliphatic heterocycles. The van der Waals surface area contributed by atoms with Gasteiger partial charge in [-0.2, -0.15) is 0 Å². The average molecular weight is 303 g/mol. The average Bonchev–Trinajstić information content (AvgIpc) is 2.39. The lowest BCUT2D eigenvalue weighted by atomic mass is 10.1. The third kappa shape index (κ3) is 8.58. The third-order valence-electron chi connectivity index (χ3n) is 2.63. The molecule has 0 saturated carbocycles. The summed E-state index contributed by atoms with van der Waals surface area (Å²) < 4.78 is 0. The summed E-state index contributed by atoms with van der Waals surface area (Å²) in [5, 5.41) is 21.8. The summed E-state index contributed by atoms with van der Waals surface area (Å²) >= 11 is 0. The Balaban J connectivity index is 4.20. The van der Waals surface area contributed by atoms with Crippen molar-refractivity contribution >= 4 is 23.8 Å². The van der Waals surface area contributed by atoms with Gasteiger partial charge in [0.15, 0.2) is 0 Å². The second-order valence-electron chi connectivity index (χ2n) is 4.52. The van der Waals surface area contributed by atoms with Crippen molar-refractivity contribution in [1.82, 2.24) is 10.6 Å². The Morgan fingerprint density at radius 2 is 1.81 bits per heavy atom. The van der Waals surface area contributed by atoms with Crippen molar-refractivity contribution in [3.05, 3.63) is 0 Å². The van der Waals surface area contributed by atoms with Crippen LogP contribution in [0.2, 0.25) is 0 Å². The summed E-state index contributed by atoms with van der Waals surface area (Å²) in [7, 11) is 0. The molecule has 21 heavy (non-hydrogen) atoms. The minimum atomic E-state index is -1.26. The van der Waals surface area contributed by atoms with E-state index in [2.05, 4.69) is 10.6 Å². The predicted molar refractivity (Wildman–Crippen MR) is 72.3 cm³/mol. The van der Waals surface area contributed by atoms with Crippen LogP contribution in [0.4, 0.5) is 0 Å². The van der Waals surface area contributed by atoms with Gasteiger partial charge in [0.05, 0.1) is 19.0 Å². The van der Waals surface area contributed by atoms with Crippen molar-refractivity contribution in [2.75, 3.05) is 6.54 Å². The van der Waals surface area contributed by atoms with Crippen LogP contribution in [0.3, 0.4) is 0 Å². The normalized spacial score (nSPS) is 13.0. The molecule has 0 rings (SSSR count). The lowest BCUT2D eigenvalue weighted by molar-refractivity contribution is -0.142. The van der Waals surface area contributed by atoms with Crippen molar-refractivity contribution < 1.29 is 29.4 Å². The lowest BCUT2D eigenvalue weighted by Gasteiger charge is -2.15. The number of unbranched alkanes of at least 4 members (excludes halogenated alkanes) is 1. The van der Waals surface area contributed by atoms with E-state index in [1.54, 1.807) is 0 Å². The van der Waals surface area contributed by atoms with E-state index in [4.69, 9.17) is 15.9 Å². The van der Waals surface area contributed by atoms with Crippen LogP contribution in [0.1, 0.15) is 32.6 Å². The molecule has 6 N–H and O–H groups in total. The van der Waals surface area contributed by atoms with Gasteiger partial charge in [-0.05, 0) is 6.42 Å². The zero-order valence-corrected chi connectivity index (χ0v) is 11.8. The van der Waals surface area contributed by atoms with Crippen LogP contribution in [0.15, 0.2) is 0 Å². The summed E-state index contributed by atoms with van der Waals surface area (Å²) in [5.41, 5.74) is 5.30. The first-order valence-electron chi connectivity index (χ1n) is 6.55. The quantitative estimate of drug-likeness (QED) is 0.334. The van der Waals surface area contributed by atoms with Gasteiger partial charge in [-0.3, -0.25) is 14.4 Å². The highest BCUT2D eigenvalue weighted by Gasteiger charge is 2.21. The van der Waals surface area contributed by atoms with E-state index in [1.807, 2.05) is 6.92 Å². The Hall–Kier alpha value is -2.16. The SMILES string of the molecule is CCCC[C@H](NC(=O)CNC(=O)[C@@H](N)CC(=O)O)C(=O)O. The number of aliphatic carboxylic acids is 2. The van der Waals surface area contributed by atoms with Gasteiger partial charge in [-0.15, -0.1) is 0 Å². The first-order chi connectivity index (χ1) is 9.77. The zero-order chi connectivity index (χ0) is 16.4. The maximum Gasteiger partial charge on any atom is 0.326 e. The van der Waals surface area contributed by atoms with Crippen LogP contribution >= 0.6 is 0 Å². The second-order valence-corrected chi connectivity index (χ2v) is 4.52. The molecule has 0 aromatic carbocycles. The maximum absolute atomic E-state index is 11.5. The van der Waals surface area contributed by atoms with E-state index < -0.39 is 48.8 Å². The maximum atomic E-state index is 11.5. The van der Waals surface area contributed by atoms with Gasteiger partial charge in [0.2, 0.25) is 11.8 Å². The van der Waals surface area contributed by atoms with Crippen LogP contribution in [-0.4, -0.2) is 52.6 Å². The number of hydrogen-bond acceptors (Lipinski definition) is 5. The summed E-state index contributed by atoms with van der Waals surface area (Å²) in [6.45, 7) is 1.44. The third-order valence-corrected chi connectivity index (χ3v) is 2.63. The van der Waals surface area contributed by atoms with E-state index in [9.17, 15) is 19.2 Å². The molecule has 0 fully saturated rings. The molecule has 0 saturated heterocycles. The summed E-state index contributed by atoms with van der Waals surface area (Å²) in [4.78, 5) is 44.2. The number of carboxylic acids is 2. The number of hydrogen-bond donors (Lipinski definition) is 5. The Morgan fingerprint density at radius 3 is 2.29 bits per heavy atom. The Kier molecular flexibility index (Phi) is 8.70. The minimum Gasteiger partial charge on any atom is -0.481 e. The highest BCUT2D eigenvalue weighted by atomic mass is 16.4. The molecule has 0 aromatic heterocycles. The molecule has 0 aliphatic carbocycles. The summed E-state index contributed by atoms with van der Waals surface area (Å²) in [6, 6.07) is -2.27. The molecule has 2 amide bonds. The minimum absolute atomic E-state index is 0.296. The summed E-state index contributed by atoms with van der Waals surface area (Å²) in [5.74, 6) is -3.83. The monoisotopic (exact) mass is 303 g/mol. The van der Waals surface area contributed by atoms with Gasteiger partial charge < -0.3 is 26.6 Å². The molecule has 0 aliphatic rings. The predicted octanol–water partition coefficient (Wildman–Crippen LogP) is -1.34. The van der Waals surface area contributed by atoms with Gasteiger partial charge in [-0.25, -0.2) is 4.79 Å². The molecule has 0 heterocycles. The first-order valence-corrected chi connectivity index (χ1v) is 6.55. The number of carboxylic acid groups (broad SMARTS) is 2. The molecule has 2 atom stereocenters. The van der Waals surface area contributed by atoms with Crippen molar-refractivity contribution in [3.8, 4) is 0 Å². The largest absolute Gasteiger partial charge is 0.481 e. The van der Waals surface area contributed by atoms with Crippen molar-refractivity contribution in [2.24, 2.45) is 5.73 Å². The topological polar surface area (TPSA) is 159 Å². The molecular formula is C12H21N3O6. The zero-order valence-electron chi connectivity index (χ0n) is 11.8. The number of carbonyl (C=O) groups is 4. The number of amides is 2. The van der Waals surface area contributed by atoms with Crippen LogP contribution in [-0.2, 0) is 19.2 Å². The second kappa shape index (κ2) is 9.70. The Bertz CT molecular complexity index is 398. The fourth-order valence-electron chi connectivity index (χ4n) is 1.49. The van der Waals surface area contributed by atoms with Crippen LogP contribution in [0.5, 0.6) is 0 Å². The van der Waals surface area contributed by atoms with Crippen molar-refractivity contribution in [3.63, 3.8) is 0 Å². The van der Waals surface area contributed by atoms with Gasteiger partial charge >= 0.3 is 11.9 Å². The van der Waals surface area contributed by atoms with Crippen molar-refractivity contribution in [1.29, 1.82) is 0 Å². The highest BCUT2D eigenvalue weighted by Crippen LogP contribution is 2.00. The van der Waals surface area contributed by atoms with E-state index in [0.717, 1.165) is 6.42 Å². The Labute approximate surface area is 121 Å². The van der Waals surface area contributed by atoms with E-state index in [0.29, 0.717) is 12.8 Å². The smallest absolute Gasteiger partial charge is 0.326 e. The standard InChI is InChI=1S/C12H21N3O6/c1-2-3-4-8(12(20)21)15-9(16)6-14-11(19)7(13)5-10(17)18/h7-8H,2-6,13H2,1H3,(H,14,19)(H,15,16)(H,17,18)(H,20,21)/t7-,8-/m0/s1. The van der Waals surface area contributed by atoms with Crippen LogP contribution < -0.4 is 16.4 Å². The molecule has 0 bridgehead atoms. The first kappa shape index (κ1) is 18.8. The van der Waals surface area contributed by atoms with E-state index in [-0.39, 0.29) is 0 Å². The molecule has 0 radical (unpaired) electrons. The Morgan fingerprint density at radius 1 is 1.19 bits per heavy atom. The van der Waals surface area contributed by atoms with E-state index in [1.165, 1.54) is 0 Å². The lowest BCUT2D eigenvalue weighted by Crippen LogP contribution is -2.48. The fraction of sp³-hybridized carbons (Fsp3) is 0.667. The van der Waals surface area contributed by atoms with Gasteiger partial charge in [0, 0.05) is 0 Å². The van der Waals surface area contributed by atoms with E-state index >= 15 is 0 Å². The van der Waals surface area contributed by atoms with Crippen molar-refractivity contribution in [2.45, 2.75) is 44.7 Å². The number of carbonyl (C=O) groups excluding carboxylic acids is 2. The molecule has 0 unspecified atom stereocenters. The van der Waals surface area contributed by atoms with Crippen LogP contribution in [0.25, 0.3) is 0 Å². The summed E-state index contributed by atoms with van der Waals surface area (Å²) in [6.07, 6.45) is 1.18. The number of rotatable bonds is 10. The molecule has 120 valence electrons. The molecular weight excluding hydrogens is 282 g/mol. The molecule has 9 heteroatoms. The number of nitrogens with two attached hydrogens (primary N) is 1. The molecule has 0 spiro atoms. The van der Waals surface area contributed by atoms with Gasteiger partial charge in [-0.1, -0.05) is 19.8 Å². The highest BCUT2D eigenvalue weighted by molar-refractivity contribution is 5.90.